The zero-order valence-electron chi connectivity index (χ0n) is 20.5. The van der Waals surface area contributed by atoms with Gasteiger partial charge >= 0.3 is 0 Å². The molecule has 4 aromatic rings. The lowest BCUT2D eigenvalue weighted by Crippen LogP contribution is -2.23. The fourth-order valence-electron chi connectivity index (χ4n) is 3.48. The van der Waals surface area contributed by atoms with E-state index in [0.717, 1.165) is 0 Å². The molecule has 194 valence electrons. The van der Waals surface area contributed by atoms with Gasteiger partial charge < -0.3 is 20.6 Å². The molecule has 0 aliphatic heterocycles. The minimum Gasteiger partial charge on any atom is -0.414 e. The maximum atomic E-state index is 14.8. The lowest BCUT2D eigenvalue weighted by Gasteiger charge is -2.09. The van der Waals surface area contributed by atoms with E-state index in [9.17, 15) is 17.9 Å². The number of nitrogens with one attached hydrogen (secondary N) is 1. The van der Waals surface area contributed by atoms with Crippen molar-refractivity contribution in [3.05, 3.63) is 60.0 Å². The first kappa shape index (κ1) is 26.3. The minimum atomic E-state index is -3.41. The molecule has 0 radical (unpaired) electrons. The largest absolute Gasteiger partial charge is 0.414 e. The van der Waals surface area contributed by atoms with Crippen molar-refractivity contribution in [1.82, 2.24) is 25.5 Å². The number of rotatable bonds is 9. The molecule has 0 saturated carbocycles. The second kappa shape index (κ2) is 10.7. The molecule has 0 unspecified atom stereocenters. The molecule has 1 atom stereocenters. The first-order chi connectivity index (χ1) is 17.6. The smallest absolute Gasteiger partial charge is 0.270 e. The maximum absolute atomic E-state index is 14.8. The number of hydrogen-bond donors (Lipinski definition) is 3. The Morgan fingerprint density at radius 2 is 1.78 bits per heavy atom. The number of aliphatic hydroxyl groups is 1. The number of hydrogen-bond acceptors (Lipinski definition) is 10. The highest BCUT2D eigenvalue weighted by Gasteiger charge is 2.21. The molecule has 2 aromatic carbocycles. The van der Waals surface area contributed by atoms with Gasteiger partial charge in [-0.15, -0.1) is 10.2 Å². The molecule has 12 heteroatoms. The number of halogens is 1. The maximum Gasteiger partial charge on any atom is 0.270 e. The van der Waals surface area contributed by atoms with E-state index in [4.69, 9.17) is 10.2 Å². The predicted octanol–water partition coefficient (Wildman–Crippen LogP) is 3.23. The number of nitrogens with two attached hydrogens (primary N) is 1. The molecule has 2 heterocycles. The number of benzene rings is 2. The highest BCUT2D eigenvalue weighted by molar-refractivity contribution is 7.92. The van der Waals surface area contributed by atoms with Crippen molar-refractivity contribution < 1.29 is 22.3 Å². The van der Waals surface area contributed by atoms with Crippen LogP contribution in [-0.4, -0.2) is 51.6 Å². The van der Waals surface area contributed by atoms with Crippen LogP contribution in [0.15, 0.2) is 58.0 Å². The van der Waals surface area contributed by atoms with Gasteiger partial charge in [0.05, 0.1) is 33.7 Å². The van der Waals surface area contributed by atoms with Gasteiger partial charge in [-0.3, -0.25) is 0 Å². The minimum absolute atomic E-state index is 0.0390. The lowest BCUT2D eigenvalue weighted by atomic mass is 10.1. The van der Waals surface area contributed by atoms with Crippen molar-refractivity contribution in [1.29, 1.82) is 0 Å². The van der Waals surface area contributed by atoms with E-state index >= 15 is 0 Å². The molecule has 0 aliphatic rings. The molecule has 0 amide bonds. The van der Waals surface area contributed by atoms with Crippen molar-refractivity contribution in [3.8, 4) is 34.3 Å². The van der Waals surface area contributed by atoms with Gasteiger partial charge in [-0.2, -0.15) is 0 Å². The van der Waals surface area contributed by atoms with Crippen LogP contribution in [0, 0.1) is 5.82 Å². The van der Waals surface area contributed by atoms with Crippen LogP contribution in [0.25, 0.3) is 34.3 Å². The number of nitrogen functional groups attached to an aromatic ring is 1. The summed E-state index contributed by atoms with van der Waals surface area (Å²) in [6.45, 7) is 5.68. The first-order valence-corrected chi connectivity index (χ1v) is 13.1. The zero-order valence-corrected chi connectivity index (χ0v) is 21.3. The van der Waals surface area contributed by atoms with E-state index in [0.29, 0.717) is 29.9 Å². The second-order valence-corrected chi connectivity index (χ2v) is 11.3. The highest BCUT2D eigenvalue weighted by Crippen LogP contribution is 2.30. The van der Waals surface area contributed by atoms with Crippen LogP contribution in [-0.2, 0) is 16.4 Å². The summed E-state index contributed by atoms with van der Waals surface area (Å²) >= 11 is 0. The third-order valence-corrected chi connectivity index (χ3v) is 7.73. The van der Waals surface area contributed by atoms with Crippen LogP contribution in [0.4, 0.5) is 10.2 Å². The monoisotopic (exact) mass is 526 g/mol. The summed E-state index contributed by atoms with van der Waals surface area (Å²) in [6, 6.07) is 10.9. The van der Waals surface area contributed by atoms with Crippen LogP contribution in [0.3, 0.4) is 0 Å². The van der Waals surface area contributed by atoms with Gasteiger partial charge in [0, 0.05) is 18.7 Å². The Labute approximate surface area is 213 Å². The van der Waals surface area contributed by atoms with Crippen molar-refractivity contribution >= 4 is 15.7 Å². The fraction of sp³-hybridized carbons (Fsp3) is 0.280. The summed E-state index contributed by atoms with van der Waals surface area (Å²) in [6.07, 6.45) is 0.946. The van der Waals surface area contributed by atoms with E-state index in [1.807, 2.05) is 0 Å². The van der Waals surface area contributed by atoms with Crippen LogP contribution in [0.5, 0.6) is 0 Å². The molecule has 0 saturated heterocycles. The summed E-state index contributed by atoms with van der Waals surface area (Å²) in [7, 11) is -3.41. The Balaban J connectivity index is 1.58. The summed E-state index contributed by atoms with van der Waals surface area (Å²) in [5.41, 5.74) is 7.95. The Bertz CT molecular complexity index is 1500. The van der Waals surface area contributed by atoms with E-state index in [1.165, 1.54) is 30.5 Å². The van der Waals surface area contributed by atoms with Gasteiger partial charge in [-0.1, -0.05) is 18.2 Å². The van der Waals surface area contributed by atoms with Gasteiger partial charge in [-0.05, 0) is 50.6 Å². The van der Waals surface area contributed by atoms with Gasteiger partial charge in [-0.25, -0.2) is 22.8 Å². The normalized spacial score (nSPS) is 12.7. The molecule has 4 rings (SSSR count). The number of nitrogens with zero attached hydrogens (tertiary/aromatic N) is 4. The number of aromatic nitrogens is 4. The molecule has 0 aliphatic carbocycles. The summed E-state index contributed by atoms with van der Waals surface area (Å²) in [4.78, 5) is 8.84. The van der Waals surface area contributed by atoms with Crippen LogP contribution < -0.4 is 11.1 Å². The van der Waals surface area contributed by atoms with E-state index in [2.05, 4.69) is 25.5 Å². The van der Waals surface area contributed by atoms with Crippen LogP contribution >= 0.6 is 0 Å². The van der Waals surface area contributed by atoms with E-state index in [-0.39, 0.29) is 33.8 Å². The SMILES string of the molecule is CC(C)S(=O)(=O)c1ccc(-c2cnc(N)c(-c3nnc(-c4ccc(CNC[C@H](C)O)cc4F)o3)n2)cc1. The summed E-state index contributed by atoms with van der Waals surface area (Å²) in [5, 5.41) is 19.7. The lowest BCUT2D eigenvalue weighted by molar-refractivity contribution is 0.191. The van der Waals surface area contributed by atoms with Crippen molar-refractivity contribution in [2.24, 2.45) is 0 Å². The molecule has 4 N–H and O–H groups in total. The third-order valence-electron chi connectivity index (χ3n) is 5.56. The Morgan fingerprint density at radius 1 is 1.08 bits per heavy atom. The first-order valence-electron chi connectivity index (χ1n) is 11.5. The molecule has 10 nitrogen and oxygen atoms in total. The number of aliphatic hydroxyl groups excluding tert-OH is 1. The topological polar surface area (TPSA) is 157 Å². The second-order valence-electron chi connectivity index (χ2n) is 8.81. The van der Waals surface area contributed by atoms with Gasteiger partial charge in [0.1, 0.15) is 5.82 Å². The molecule has 2 aromatic heterocycles. The van der Waals surface area contributed by atoms with E-state index in [1.54, 1.807) is 39.0 Å². The average molecular weight is 527 g/mol. The quantitative estimate of drug-likeness (QED) is 0.296. The van der Waals surface area contributed by atoms with Crippen molar-refractivity contribution in [3.63, 3.8) is 0 Å². The molecule has 37 heavy (non-hydrogen) atoms. The van der Waals surface area contributed by atoms with Crippen molar-refractivity contribution in [2.75, 3.05) is 12.3 Å². The predicted molar refractivity (Wildman–Crippen MR) is 136 cm³/mol. The van der Waals surface area contributed by atoms with Crippen molar-refractivity contribution in [2.45, 2.75) is 43.6 Å². The Hall–Kier alpha value is -3.74. The third kappa shape index (κ3) is 5.82. The molecule has 0 spiro atoms. The zero-order chi connectivity index (χ0) is 26.7. The highest BCUT2D eigenvalue weighted by atomic mass is 32.2. The van der Waals surface area contributed by atoms with Crippen LogP contribution in [0.2, 0.25) is 0 Å². The van der Waals surface area contributed by atoms with Crippen LogP contribution in [0.1, 0.15) is 26.3 Å². The molecular weight excluding hydrogens is 499 g/mol. The van der Waals surface area contributed by atoms with Gasteiger partial charge in [0.25, 0.3) is 11.8 Å². The number of anilines is 1. The Morgan fingerprint density at radius 3 is 2.43 bits per heavy atom. The molecular formula is C25H27FN6O4S. The number of sulfone groups is 1. The fourth-order valence-corrected chi connectivity index (χ4v) is 4.54. The summed E-state index contributed by atoms with van der Waals surface area (Å²) < 4.78 is 45.2. The van der Waals surface area contributed by atoms with Gasteiger partial charge in [0.15, 0.2) is 21.3 Å². The molecule has 0 fully saturated rings. The Kier molecular flexibility index (Phi) is 7.62. The van der Waals surface area contributed by atoms with E-state index < -0.39 is 27.0 Å². The standard InChI is InChI=1S/C25H27FN6O4S/c1-14(2)37(34,35)18-7-5-17(6-8-18)21-13-29-23(27)22(30-21)25-32-31-24(36-25)19-9-4-16(10-20(19)26)12-28-11-15(3)33/h4-10,13-15,28,33H,11-12H2,1-3H3,(H2,27,29)/t15-/m0/s1. The summed E-state index contributed by atoms with van der Waals surface area (Å²) in [5.74, 6) is -0.595. The van der Waals surface area contributed by atoms with Gasteiger partial charge in [0.2, 0.25) is 0 Å². The average Bonchev–Trinajstić information content (AvgIpc) is 3.34. The molecule has 0 bridgehead atoms.